The second kappa shape index (κ2) is 8.66. The number of hydrogen-bond donors (Lipinski definition) is 1. The zero-order valence-electron chi connectivity index (χ0n) is 14.5. The molecule has 0 fully saturated rings. The largest absolute Gasteiger partial charge is 0.493 e. The van der Waals surface area contributed by atoms with Gasteiger partial charge in [0.2, 0.25) is 5.91 Å². The molecule has 2 rings (SSSR count). The van der Waals surface area contributed by atoms with Crippen molar-refractivity contribution in [3.05, 3.63) is 53.8 Å². The number of ether oxygens (including phenoxy) is 2. The fourth-order valence-electron chi connectivity index (χ4n) is 2.30. The predicted octanol–water partition coefficient (Wildman–Crippen LogP) is 1.98. The van der Waals surface area contributed by atoms with Crippen molar-refractivity contribution in [1.82, 2.24) is 5.32 Å². The van der Waals surface area contributed by atoms with Crippen molar-refractivity contribution >= 4 is 15.7 Å². The minimum Gasteiger partial charge on any atom is -0.493 e. The standard InChI is InChI=1S/C18H20FNO5S/c1-24-16-8-7-15(12-17(16)25-2)26(22,23)10-9-20-18(21)11-13-3-5-14(19)6-4-13/h3-8,12H,9-11H2,1-2H3,(H,20,21). The van der Waals surface area contributed by atoms with Gasteiger partial charge in [0, 0.05) is 12.6 Å². The normalized spacial score (nSPS) is 11.0. The first-order chi connectivity index (χ1) is 12.4. The highest BCUT2D eigenvalue weighted by molar-refractivity contribution is 7.91. The van der Waals surface area contributed by atoms with Gasteiger partial charge in [-0.25, -0.2) is 12.8 Å². The Morgan fingerprint density at radius 2 is 1.69 bits per heavy atom. The molecule has 2 aromatic rings. The molecule has 8 heteroatoms. The Hall–Kier alpha value is -2.61. The minimum atomic E-state index is -3.59. The molecular formula is C18H20FNO5S. The summed E-state index contributed by atoms with van der Waals surface area (Å²) in [4.78, 5) is 12.0. The Kier molecular flexibility index (Phi) is 6.57. The van der Waals surface area contributed by atoms with Crippen molar-refractivity contribution < 1.29 is 27.1 Å². The first kappa shape index (κ1) is 19.7. The highest BCUT2D eigenvalue weighted by Crippen LogP contribution is 2.29. The first-order valence-corrected chi connectivity index (χ1v) is 9.47. The maximum atomic E-state index is 12.8. The van der Waals surface area contributed by atoms with Crippen molar-refractivity contribution in [2.45, 2.75) is 11.3 Å². The molecule has 26 heavy (non-hydrogen) atoms. The smallest absolute Gasteiger partial charge is 0.224 e. The van der Waals surface area contributed by atoms with Crippen molar-refractivity contribution in [1.29, 1.82) is 0 Å². The molecule has 2 aromatic carbocycles. The molecule has 0 unspecified atom stereocenters. The zero-order valence-corrected chi connectivity index (χ0v) is 15.3. The summed E-state index contributed by atoms with van der Waals surface area (Å²) in [5, 5.41) is 2.55. The van der Waals surface area contributed by atoms with E-state index in [1.165, 1.54) is 56.7 Å². The van der Waals surface area contributed by atoms with E-state index >= 15 is 0 Å². The molecule has 0 saturated heterocycles. The molecule has 0 atom stereocenters. The monoisotopic (exact) mass is 381 g/mol. The molecule has 1 amide bonds. The third kappa shape index (κ3) is 5.19. The number of nitrogens with one attached hydrogen (secondary N) is 1. The molecule has 1 N–H and O–H groups in total. The molecule has 0 bridgehead atoms. The fraction of sp³-hybridized carbons (Fsp3) is 0.278. The summed E-state index contributed by atoms with van der Waals surface area (Å²) in [5.41, 5.74) is 0.645. The van der Waals surface area contributed by atoms with E-state index in [2.05, 4.69) is 5.32 Å². The van der Waals surface area contributed by atoms with Gasteiger partial charge in [0.1, 0.15) is 5.82 Å². The number of sulfone groups is 1. The van der Waals surface area contributed by atoms with Crippen LogP contribution in [0.25, 0.3) is 0 Å². The second-order valence-corrected chi connectivity index (χ2v) is 7.60. The maximum absolute atomic E-state index is 12.8. The number of methoxy groups -OCH3 is 2. The van der Waals surface area contributed by atoms with Crippen LogP contribution in [0.1, 0.15) is 5.56 Å². The number of carbonyl (C=O) groups is 1. The molecule has 0 saturated carbocycles. The van der Waals surface area contributed by atoms with E-state index in [0.717, 1.165) is 0 Å². The quantitative estimate of drug-likeness (QED) is 0.756. The van der Waals surface area contributed by atoms with E-state index in [1.54, 1.807) is 0 Å². The van der Waals surface area contributed by atoms with Crippen LogP contribution in [0.3, 0.4) is 0 Å². The number of halogens is 1. The summed E-state index contributed by atoms with van der Waals surface area (Å²) in [6.07, 6.45) is 0.0523. The SMILES string of the molecule is COc1ccc(S(=O)(=O)CCNC(=O)Cc2ccc(F)cc2)cc1OC. The zero-order chi connectivity index (χ0) is 19.2. The number of hydrogen-bond acceptors (Lipinski definition) is 5. The fourth-order valence-corrected chi connectivity index (χ4v) is 3.47. The summed E-state index contributed by atoms with van der Waals surface area (Å²) in [6, 6.07) is 9.88. The van der Waals surface area contributed by atoms with E-state index in [4.69, 9.17) is 9.47 Å². The van der Waals surface area contributed by atoms with Crippen molar-refractivity contribution in [3.8, 4) is 11.5 Å². The Balaban J connectivity index is 1.93. The average molecular weight is 381 g/mol. The van der Waals surface area contributed by atoms with Crippen molar-refractivity contribution in [2.75, 3.05) is 26.5 Å². The molecule has 0 aliphatic heterocycles. The molecule has 0 aromatic heterocycles. The average Bonchev–Trinajstić information content (AvgIpc) is 2.62. The summed E-state index contributed by atoms with van der Waals surface area (Å²) in [6.45, 7) is -0.0310. The maximum Gasteiger partial charge on any atom is 0.224 e. The van der Waals surface area contributed by atoms with Crippen LogP contribution in [0.15, 0.2) is 47.4 Å². The van der Waals surface area contributed by atoms with Gasteiger partial charge in [-0.05, 0) is 29.8 Å². The minimum absolute atomic E-state index is 0.0310. The van der Waals surface area contributed by atoms with E-state index in [1.807, 2.05) is 0 Å². The number of carbonyl (C=O) groups excluding carboxylic acids is 1. The van der Waals surface area contributed by atoms with Crippen LogP contribution in [0.5, 0.6) is 11.5 Å². The Bertz CT molecular complexity index is 866. The number of rotatable bonds is 8. The van der Waals surface area contributed by atoms with Gasteiger partial charge in [-0.1, -0.05) is 12.1 Å². The van der Waals surface area contributed by atoms with Crippen LogP contribution >= 0.6 is 0 Å². The second-order valence-electron chi connectivity index (χ2n) is 5.49. The lowest BCUT2D eigenvalue weighted by molar-refractivity contribution is -0.120. The van der Waals surface area contributed by atoms with Crippen molar-refractivity contribution in [3.63, 3.8) is 0 Å². The van der Waals surface area contributed by atoms with Gasteiger partial charge in [0.25, 0.3) is 0 Å². The molecule has 0 spiro atoms. The van der Waals surface area contributed by atoms with Crippen LogP contribution in [-0.2, 0) is 21.1 Å². The van der Waals surface area contributed by atoms with E-state index in [-0.39, 0.29) is 35.3 Å². The summed E-state index contributed by atoms with van der Waals surface area (Å²) in [7, 11) is -0.710. The van der Waals surface area contributed by atoms with E-state index in [9.17, 15) is 17.6 Å². The summed E-state index contributed by atoms with van der Waals surface area (Å²) in [5.74, 6) is -0.222. The van der Waals surface area contributed by atoms with Gasteiger partial charge < -0.3 is 14.8 Å². The first-order valence-electron chi connectivity index (χ1n) is 7.81. The third-order valence-corrected chi connectivity index (χ3v) is 5.40. The van der Waals surface area contributed by atoms with Crippen LogP contribution in [0.4, 0.5) is 4.39 Å². The molecule has 0 heterocycles. The van der Waals surface area contributed by atoms with Crippen LogP contribution < -0.4 is 14.8 Å². The molecule has 140 valence electrons. The van der Waals surface area contributed by atoms with Crippen molar-refractivity contribution in [2.24, 2.45) is 0 Å². The van der Waals surface area contributed by atoms with Crippen LogP contribution in [0, 0.1) is 5.82 Å². The van der Waals surface area contributed by atoms with Crippen LogP contribution in [0.2, 0.25) is 0 Å². The predicted molar refractivity (Wildman–Crippen MR) is 94.7 cm³/mol. The lowest BCUT2D eigenvalue weighted by Gasteiger charge is -2.10. The highest BCUT2D eigenvalue weighted by Gasteiger charge is 2.17. The summed E-state index contributed by atoms with van der Waals surface area (Å²) < 4.78 is 47.8. The molecule has 0 aliphatic rings. The molecule has 0 radical (unpaired) electrons. The Labute approximate surface area is 151 Å². The van der Waals surface area contributed by atoms with Gasteiger partial charge in [-0.15, -0.1) is 0 Å². The summed E-state index contributed by atoms with van der Waals surface area (Å²) >= 11 is 0. The van der Waals surface area contributed by atoms with Gasteiger partial charge in [0.05, 0.1) is 31.3 Å². The van der Waals surface area contributed by atoms with Gasteiger partial charge >= 0.3 is 0 Å². The van der Waals surface area contributed by atoms with Gasteiger partial charge in [-0.3, -0.25) is 4.79 Å². The Morgan fingerprint density at radius 1 is 1.04 bits per heavy atom. The van der Waals surface area contributed by atoms with E-state index < -0.39 is 9.84 Å². The molecule has 6 nitrogen and oxygen atoms in total. The van der Waals surface area contributed by atoms with Gasteiger partial charge in [0.15, 0.2) is 21.3 Å². The third-order valence-electron chi connectivity index (χ3n) is 3.69. The molecule has 0 aliphatic carbocycles. The lowest BCUT2D eigenvalue weighted by atomic mass is 10.1. The number of amides is 1. The topological polar surface area (TPSA) is 81.7 Å². The van der Waals surface area contributed by atoms with Gasteiger partial charge in [-0.2, -0.15) is 0 Å². The lowest BCUT2D eigenvalue weighted by Crippen LogP contribution is -2.30. The van der Waals surface area contributed by atoms with Crippen LogP contribution in [-0.4, -0.2) is 40.8 Å². The Morgan fingerprint density at radius 3 is 2.31 bits per heavy atom. The highest BCUT2D eigenvalue weighted by atomic mass is 32.2. The molecular weight excluding hydrogens is 361 g/mol. The van der Waals surface area contributed by atoms with E-state index in [0.29, 0.717) is 17.1 Å². The number of benzene rings is 2.